The molecule has 1 aromatic rings. The Morgan fingerprint density at radius 1 is 1.33 bits per heavy atom. The SMILES string of the molecule is O=C(O)CCCNC(=O)N1CCc2c(Cl)cc(Cl)cc2C1. The van der Waals surface area contributed by atoms with Crippen molar-refractivity contribution >= 4 is 35.2 Å². The lowest BCUT2D eigenvalue weighted by Crippen LogP contribution is -2.43. The molecule has 0 aromatic heterocycles. The minimum atomic E-state index is -0.861. The predicted molar refractivity (Wildman–Crippen MR) is 80.8 cm³/mol. The Morgan fingerprint density at radius 2 is 2.10 bits per heavy atom. The van der Waals surface area contributed by atoms with Gasteiger partial charge in [-0.15, -0.1) is 0 Å². The molecule has 1 aromatic carbocycles. The van der Waals surface area contributed by atoms with Gasteiger partial charge in [0.05, 0.1) is 0 Å². The first kappa shape index (κ1) is 15.9. The number of amides is 2. The number of nitrogens with one attached hydrogen (secondary N) is 1. The molecule has 0 bridgehead atoms. The predicted octanol–water partition coefficient (Wildman–Crippen LogP) is 2.93. The summed E-state index contributed by atoms with van der Waals surface area (Å²) < 4.78 is 0. The molecule has 2 amide bonds. The number of benzene rings is 1. The second-order valence-electron chi connectivity index (χ2n) is 4.93. The lowest BCUT2D eigenvalue weighted by atomic mass is 10.00. The highest BCUT2D eigenvalue weighted by Gasteiger charge is 2.22. The molecule has 5 nitrogen and oxygen atoms in total. The molecule has 0 spiro atoms. The standard InChI is InChI=1S/C14H16Cl2N2O3/c15-10-6-9-8-18(5-3-11(9)12(16)7-10)14(21)17-4-1-2-13(19)20/h6-7H,1-5,8H2,(H,17,21)(H,19,20). The van der Waals surface area contributed by atoms with Gasteiger partial charge in [-0.1, -0.05) is 23.2 Å². The monoisotopic (exact) mass is 330 g/mol. The third kappa shape index (κ3) is 4.25. The van der Waals surface area contributed by atoms with E-state index in [1.165, 1.54) is 0 Å². The van der Waals surface area contributed by atoms with Crippen LogP contribution in [0.1, 0.15) is 24.0 Å². The summed E-state index contributed by atoms with van der Waals surface area (Å²) in [5.74, 6) is -0.861. The number of hydrogen-bond acceptors (Lipinski definition) is 2. The van der Waals surface area contributed by atoms with Gasteiger partial charge in [0.2, 0.25) is 0 Å². The summed E-state index contributed by atoms with van der Waals surface area (Å²) in [5, 5.41) is 12.5. The molecule has 114 valence electrons. The maximum Gasteiger partial charge on any atom is 0.317 e. The van der Waals surface area contributed by atoms with Gasteiger partial charge in [0, 0.05) is 36.1 Å². The summed E-state index contributed by atoms with van der Waals surface area (Å²) in [5.41, 5.74) is 2.00. The topological polar surface area (TPSA) is 69.6 Å². The van der Waals surface area contributed by atoms with Crippen LogP contribution in [0.4, 0.5) is 4.79 Å². The molecule has 0 saturated heterocycles. The van der Waals surface area contributed by atoms with E-state index >= 15 is 0 Å². The van der Waals surface area contributed by atoms with Crippen LogP contribution in [0.25, 0.3) is 0 Å². The van der Waals surface area contributed by atoms with Crippen molar-refractivity contribution in [2.45, 2.75) is 25.8 Å². The van der Waals surface area contributed by atoms with Crippen molar-refractivity contribution in [2.75, 3.05) is 13.1 Å². The minimum absolute atomic E-state index is 0.0499. The first-order chi connectivity index (χ1) is 9.97. The lowest BCUT2D eigenvalue weighted by Gasteiger charge is -2.29. The van der Waals surface area contributed by atoms with Crippen LogP contribution in [-0.2, 0) is 17.8 Å². The molecule has 1 aliphatic heterocycles. The van der Waals surface area contributed by atoms with Crippen molar-refractivity contribution < 1.29 is 14.7 Å². The fraction of sp³-hybridized carbons (Fsp3) is 0.429. The Hall–Kier alpha value is -1.46. The van der Waals surface area contributed by atoms with Gasteiger partial charge in [0.15, 0.2) is 0 Å². The van der Waals surface area contributed by atoms with Crippen LogP contribution >= 0.6 is 23.2 Å². The molecule has 1 aliphatic rings. The highest BCUT2D eigenvalue weighted by molar-refractivity contribution is 6.35. The summed E-state index contributed by atoms with van der Waals surface area (Å²) in [6.45, 7) is 1.39. The van der Waals surface area contributed by atoms with Gasteiger partial charge in [-0.2, -0.15) is 0 Å². The van der Waals surface area contributed by atoms with E-state index in [4.69, 9.17) is 28.3 Å². The van der Waals surface area contributed by atoms with Gasteiger partial charge in [-0.05, 0) is 36.1 Å². The molecule has 0 radical (unpaired) electrons. The zero-order chi connectivity index (χ0) is 15.4. The maximum absolute atomic E-state index is 12.0. The number of carboxylic acid groups (broad SMARTS) is 1. The third-order valence-corrected chi connectivity index (χ3v) is 3.93. The van der Waals surface area contributed by atoms with Crippen LogP contribution in [-0.4, -0.2) is 35.1 Å². The summed E-state index contributed by atoms with van der Waals surface area (Å²) in [4.78, 5) is 24.1. The first-order valence-electron chi connectivity index (χ1n) is 6.68. The summed E-state index contributed by atoms with van der Waals surface area (Å²) in [6.07, 6.45) is 1.16. The van der Waals surface area contributed by atoms with E-state index in [0.29, 0.717) is 42.5 Å². The van der Waals surface area contributed by atoms with Crippen molar-refractivity contribution in [3.63, 3.8) is 0 Å². The number of hydrogen-bond donors (Lipinski definition) is 2. The van der Waals surface area contributed by atoms with E-state index in [1.807, 2.05) is 6.07 Å². The highest BCUT2D eigenvalue weighted by atomic mass is 35.5. The van der Waals surface area contributed by atoms with Gasteiger partial charge in [0.25, 0.3) is 0 Å². The smallest absolute Gasteiger partial charge is 0.317 e. The lowest BCUT2D eigenvalue weighted by molar-refractivity contribution is -0.137. The number of nitrogens with zero attached hydrogens (tertiary/aromatic N) is 1. The zero-order valence-corrected chi connectivity index (χ0v) is 12.9. The summed E-state index contributed by atoms with van der Waals surface area (Å²) in [6, 6.07) is 3.35. The molecule has 7 heteroatoms. The first-order valence-corrected chi connectivity index (χ1v) is 7.44. The number of aliphatic carboxylic acids is 1. The van der Waals surface area contributed by atoms with Crippen molar-refractivity contribution in [1.82, 2.24) is 10.2 Å². The maximum atomic E-state index is 12.0. The molecular formula is C14H16Cl2N2O3. The van der Waals surface area contributed by atoms with Crippen molar-refractivity contribution in [3.05, 3.63) is 33.3 Å². The third-order valence-electron chi connectivity index (χ3n) is 3.38. The molecule has 2 rings (SSSR count). The molecule has 1 heterocycles. The molecule has 0 atom stereocenters. The number of urea groups is 1. The second-order valence-corrected chi connectivity index (χ2v) is 5.77. The number of carbonyl (C=O) groups excluding carboxylic acids is 1. The highest BCUT2D eigenvalue weighted by Crippen LogP contribution is 2.29. The van der Waals surface area contributed by atoms with Gasteiger partial charge in [-0.3, -0.25) is 4.79 Å². The van der Waals surface area contributed by atoms with Crippen LogP contribution in [0, 0.1) is 0 Å². The number of carboxylic acids is 1. The van der Waals surface area contributed by atoms with Gasteiger partial charge < -0.3 is 15.3 Å². The number of carbonyl (C=O) groups is 2. The van der Waals surface area contributed by atoms with Gasteiger partial charge in [-0.25, -0.2) is 4.79 Å². The van der Waals surface area contributed by atoms with Crippen LogP contribution in [0.3, 0.4) is 0 Å². The van der Waals surface area contributed by atoms with E-state index < -0.39 is 5.97 Å². The van der Waals surface area contributed by atoms with Crippen LogP contribution in [0.15, 0.2) is 12.1 Å². The molecular weight excluding hydrogens is 315 g/mol. The van der Waals surface area contributed by atoms with Crippen molar-refractivity contribution in [2.24, 2.45) is 0 Å². The quantitative estimate of drug-likeness (QED) is 0.834. The summed E-state index contributed by atoms with van der Waals surface area (Å²) >= 11 is 12.1. The molecule has 0 saturated carbocycles. The van der Waals surface area contributed by atoms with E-state index in [0.717, 1.165) is 11.1 Å². The zero-order valence-electron chi connectivity index (χ0n) is 11.4. The van der Waals surface area contributed by atoms with E-state index in [2.05, 4.69) is 5.32 Å². The molecule has 0 aliphatic carbocycles. The van der Waals surface area contributed by atoms with E-state index in [-0.39, 0.29) is 12.5 Å². The summed E-state index contributed by atoms with van der Waals surface area (Å²) in [7, 11) is 0. The van der Waals surface area contributed by atoms with Crippen LogP contribution in [0.5, 0.6) is 0 Å². The second kappa shape index (κ2) is 7.00. The van der Waals surface area contributed by atoms with Crippen molar-refractivity contribution in [3.8, 4) is 0 Å². The number of halogens is 2. The van der Waals surface area contributed by atoms with Crippen LogP contribution in [0.2, 0.25) is 10.0 Å². The van der Waals surface area contributed by atoms with E-state index in [9.17, 15) is 9.59 Å². The molecule has 2 N–H and O–H groups in total. The van der Waals surface area contributed by atoms with E-state index in [1.54, 1.807) is 11.0 Å². The fourth-order valence-corrected chi connectivity index (χ4v) is 2.96. The normalized spacial score (nSPS) is 13.7. The Balaban J connectivity index is 1.91. The van der Waals surface area contributed by atoms with Gasteiger partial charge >= 0.3 is 12.0 Å². The Bertz CT molecular complexity index is 563. The largest absolute Gasteiger partial charge is 0.481 e. The molecule has 21 heavy (non-hydrogen) atoms. The average molecular weight is 331 g/mol. The van der Waals surface area contributed by atoms with Crippen LogP contribution < -0.4 is 5.32 Å². The Kier molecular flexibility index (Phi) is 5.31. The minimum Gasteiger partial charge on any atom is -0.481 e. The Labute approximate surface area is 132 Å². The molecule has 0 unspecified atom stereocenters. The van der Waals surface area contributed by atoms with Crippen molar-refractivity contribution in [1.29, 1.82) is 0 Å². The number of rotatable bonds is 4. The Morgan fingerprint density at radius 3 is 2.81 bits per heavy atom. The molecule has 0 fully saturated rings. The average Bonchev–Trinajstić information content (AvgIpc) is 2.42. The number of fused-ring (bicyclic) bond motifs is 1. The fourth-order valence-electron chi connectivity index (χ4n) is 2.33. The van der Waals surface area contributed by atoms with Gasteiger partial charge in [0.1, 0.15) is 0 Å².